The molecule has 2 unspecified atom stereocenters. The number of benzene rings is 1. The molecule has 1 spiro atoms. The highest BCUT2D eigenvalue weighted by Crippen LogP contribution is 2.42. The van der Waals surface area contributed by atoms with E-state index in [9.17, 15) is 9.90 Å². The number of carbonyl (C=O) groups excluding carboxylic acids is 1. The molecule has 1 saturated carbocycles. The highest BCUT2D eigenvalue weighted by Gasteiger charge is 2.50. The molecule has 4 rings (SSSR count). The molecule has 3 aliphatic rings. The smallest absolute Gasteiger partial charge is 0.343 e. The summed E-state index contributed by atoms with van der Waals surface area (Å²) in [4.78, 5) is 13.1. The van der Waals surface area contributed by atoms with E-state index in [1.54, 1.807) is 0 Å². The molecular weight excluding hydrogens is 314 g/mol. The van der Waals surface area contributed by atoms with Crippen LogP contribution in [0, 0.1) is 5.92 Å². The van der Waals surface area contributed by atoms with E-state index in [-0.39, 0.29) is 12.0 Å². The minimum Gasteiger partial charge on any atom is -0.454 e. The maximum absolute atomic E-state index is 13.1. The molecule has 2 aliphatic heterocycles. The second-order valence-corrected chi connectivity index (χ2v) is 8.33. The van der Waals surface area contributed by atoms with E-state index in [1.165, 1.54) is 25.9 Å². The number of hydrogen-bond acceptors (Lipinski definition) is 3. The van der Waals surface area contributed by atoms with Crippen molar-refractivity contribution in [3.05, 3.63) is 35.9 Å². The Bertz CT molecular complexity index is 605. The van der Waals surface area contributed by atoms with Gasteiger partial charge in [-0.2, -0.15) is 0 Å². The van der Waals surface area contributed by atoms with Crippen LogP contribution in [0.5, 0.6) is 0 Å². The normalized spacial score (nSPS) is 28.3. The summed E-state index contributed by atoms with van der Waals surface area (Å²) in [5.74, 6) is -0.450. The van der Waals surface area contributed by atoms with Crippen LogP contribution in [0.1, 0.15) is 50.5 Å². The van der Waals surface area contributed by atoms with E-state index in [2.05, 4.69) is 0 Å². The number of aliphatic hydroxyl groups is 1. The average molecular weight is 344 g/mol. The van der Waals surface area contributed by atoms with Crippen molar-refractivity contribution in [2.45, 2.75) is 56.7 Å². The standard InChI is InChI=1S/C21H30NO3/c23-20(25-19-12-15-22(16-19)13-6-7-14-22)21(24,18-10-4-5-11-18)17-8-2-1-3-9-17/h1-3,8-9,18-19,24H,4-7,10-16H2/q+1. The van der Waals surface area contributed by atoms with Gasteiger partial charge in [0, 0.05) is 25.2 Å². The molecule has 0 aromatic heterocycles. The Morgan fingerprint density at radius 3 is 2.36 bits per heavy atom. The van der Waals surface area contributed by atoms with Gasteiger partial charge < -0.3 is 14.3 Å². The number of carbonyl (C=O) groups is 1. The highest BCUT2D eigenvalue weighted by molar-refractivity contribution is 5.81. The molecule has 1 aromatic carbocycles. The summed E-state index contributed by atoms with van der Waals surface area (Å²) in [6.45, 7) is 4.49. The van der Waals surface area contributed by atoms with Crippen molar-refractivity contribution in [1.82, 2.24) is 0 Å². The summed E-state index contributed by atoms with van der Waals surface area (Å²) in [5, 5.41) is 11.5. The number of esters is 1. The number of rotatable bonds is 4. The zero-order chi connectivity index (χ0) is 17.3. The first-order valence-electron chi connectivity index (χ1n) is 9.96. The predicted molar refractivity (Wildman–Crippen MR) is 95.8 cm³/mol. The van der Waals surface area contributed by atoms with Gasteiger partial charge >= 0.3 is 5.97 Å². The Balaban J connectivity index is 1.52. The molecule has 1 N–H and O–H groups in total. The molecular formula is C21H30NO3+. The molecule has 1 aromatic rings. The summed E-state index contributed by atoms with van der Waals surface area (Å²) in [6, 6.07) is 9.43. The van der Waals surface area contributed by atoms with Gasteiger partial charge in [0.05, 0.1) is 19.6 Å². The van der Waals surface area contributed by atoms with E-state index < -0.39 is 11.6 Å². The van der Waals surface area contributed by atoms with Crippen molar-refractivity contribution in [2.24, 2.45) is 5.92 Å². The fourth-order valence-corrected chi connectivity index (χ4v) is 5.34. The minimum absolute atomic E-state index is 0.0290. The maximum Gasteiger partial charge on any atom is 0.343 e. The third-order valence-electron chi connectivity index (χ3n) is 6.78. The Morgan fingerprint density at radius 1 is 1.00 bits per heavy atom. The summed E-state index contributed by atoms with van der Waals surface area (Å²) in [7, 11) is 0. The zero-order valence-corrected chi connectivity index (χ0v) is 15.0. The van der Waals surface area contributed by atoms with E-state index >= 15 is 0 Å². The maximum atomic E-state index is 13.1. The monoisotopic (exact) mass is 344 g/mol. The van der Waals surface area contributed by atoms with Crippen LogP contribution in [-0.4, -0.2) is 47.8 Å². The van der Waals surface area contributed by atoms with Gasteiger partial charge in [0.2, 0.25) is 0 Å². The lowest BCUT2D eigenvalue weighted by molar-refractivity contribution is -0.906. The fourth-order valence-electron chi connectivity index (χ4n) is 5.34. The second kappa shape index (κ2) is 6.73. The lowest BCUT2D eigenvalue weighted by atomic mass is 9.80. The zero-order valence-electron chi connectivity index (χ0n) is 15.0. The van der Waals surface area contributed by atoms with Gasteiger partial charge in [-0.05, 0) is 18.4 Å². The first-order chi connectivity index (χ1) is 12.1. The Labute approximate surface area is 150 Å². The molecule has 3 fully saturated rings. The van der Waals surface area contributed by atoms with E-state index in [0.29, 0.717) is 5.56 Å². The molecule has 1 aliphatic carbocycles. The molecule has 2 heterocycles. The lowest BCUT2D eigenvalue weighted by Gasteiger charge is -2.33. The summed E-state index contributed by atoms with van der Waals surface area (Å²) in [5.41, 5.74) is -0.800. The number of quaternary nitrogens is 1. The Hall–Kier alpha value is -1.39. The quantitative estimate of drug-likeness (QED) is 0.675. The van der Waals surface area contributed by atoms with E-state index in [4.69, 9.17) is 4.74 Å². The molecule has 25 heavy (non-hydrogen) atoms. The molecule has 0 amide bonds. The van der Waals surface area contributed by atoms with Crippen molar-refractivity contribution >= 4 is 5.97 Å². The number of hydrogen-bond donors (Lipinski definition) is 1. The van der Waals surface area contributed by atoms with Crippen LogP contribution in [0.4, 0.5) is 0 Å². The van der Waals surface area contributed by atoms with Gasteiger partial charge in [0.15, 0.2) is 11.7 Å². The molecule has 0 bridgehead atoms. The fraction of sp³-hybridized carbons (Fsp3) is 0.667. The van der Waals surface area contributed by atoms with E-state index in [1.807, 2.05) is 30.3 Å². The van der Waals surface area contributed by atoms with Gasteiger partial charge in [-0.3, -0.25) is 0 Å². The van der Waals surface area contributed by atoms with E-state index in [0.717, 1.165) is 49.7 Å². The summed E-state index contributed by atoms with van der Waals surface area (Å²) in [6.07, 6.45) is 7.42. The molecule has 4 nitrogen and oxygen atoms in total. The van der Waals surface area contributed by atoms with Crippen LogP contribution < -0.4 is 0 Å². The van der Waals surface area contributed by atoms with Crippen LogP contribution >= 0.6 is 0 Å². The minimum atomic E-state index is -1.49. The third-order valence-corrected chi connectivity index (χ3v) is 6.78. The lowest BCUT2D eigenvalue weighted by Crippen LogP contribution is -2.47. The SMILES string of the molecule is O=C(OC1CC[N+]2(CCCC2)C1)C(O)(c1ccccc1)C1CCCC1. The summed E-state index contributed by atoms with van der Waals surface area (Å²) >= 11 is 0. The van der Waals surface area contributed by atoms with Crippen LogP contribution in [0.2, 0.25) is 0 Å². The van der Waals surface area contributed by atoms with Crippen molar-refractivity contribution < 1.29 is 19.1 Å². The van der Waals surface area contributed by atoms with Crippen LogP contribution in [0.3, 0.4) is 0 Å². The molecule has 0 radical (unpaired) electrons. The van der Waals surface area contributed by atoms with Gasteiger partial charge in [-0.1, -0.05) is 43.2 Å². The Morgan fingerprint density at radius 2 is 1.68 bits per heavy atom. The number of nitrogens with zero attached hydrogens (tertiary/aromatic N) is 1. The van der Waals surface area contributed by atoms with Crippen molar-refractivity contribution in [2.75, 3.05) is 26.2 Å². The Kier molecular flexibility index (Phi) is 4.59. The van der Waals surface area contributed by atoms with Crippen LogP contribution in [-0.2, 0) is 15.1 Å². The van der Waals surface area contributed by atoms with Crippen LogP contribution in [0.25, 0.3) is 0 Å². The molecule has 2 atom stereocenters. The first kappa shape index (κ1) is 17.0. The highest BCUT2D eigenvalue weighted by atomic mass is 16.6. The van der Waals surface area contributed by atoms with Gasteiger partial charge in [0.1, 0.15) is 6.54 Å². The molecule has 2 saturated heterocycles. The van der Waals surface area contributed by atoms with Gasteiger partial charge in [0.25, 0.3) is 0 Å². The first-order valence-corrected chi connectivity index (χ1v) is 9.96. The third kappa shape index (κ3) is 3.11. The van der Waals surface area contributed by atoms with Gasteiger partial charge in [-0.15, -0.1) is 0 Å². The topological polar surface area (TPSA) is 46.5 Å². The van der Waals surface area contributed by atoms with Crippen molar-refractivity contribution in [3.8, 4) is 0 Å². The van der Waals surface area contributed by atoms with Crippen molar-refractivity contribution in [3.63, 3.8) is 0 Å². The summed E-state index contributed by atoms with van der Waals surface area (Å²) < 4.78 is 7.04. The van der Waals surface area contributed by atoms with Crippen molar-refractivity contribution in [1.29, 1.82) is 0 Å². The van der Waals surface area contributed by atoms with Gasteiger partial charge in [-0.25, -0.2) is 4.79 Å². The largest absolute Gasteiger partial charge is 0.454 e. The predicted octanol–water partition coefficient (Wildman–Crippen LogP) is 2.99. The van der Waals surface area contributed by atoms with Crippen LogP contribution in [0.15, 0.2) is 30.3 Å². The number of ether oxygens (including phenoxy) is 1. The molecule has 136 valence electrons. The molecule has 4 heteroatoms. The second-order valence-electron chi connectivity index (χ2n) is 8.33. The average Bonchev–Trinajstić information content (AvgIpc) is 3.39.